The van der Waals surface area contributed by atoms with Crippen molar-refractivity contribution in [3.8, 4) is 0 Å². The molecule has 0 radical (unpaired) electrons. The summed E-state index contributed by atoms with van der Waals surface area (Å²) >= 11 is 0. The first-order chi connectivity index (χ1) is 9.38. The van der Waals surface area contributed by atoms with E-state index in [1.165, 1.54) is 12.8 Å². The van der Waals surface area contributed by atoms with E-state index in [1.54, 1.807) is 4.90 Å². The van der Waals surface area contributed by atoms with Crippen LogP contribution in [0.5, 0.6) is 0 Å². The van der Waals surface area contributed by atoms with Crippen molar-refractivity contribution in [1.29, 1.82) is 0 Å². The molecule has 1 heterocycles. The second-order valence-electron chi connectivity index (χ2n) is 7.00. The van der Waals surface area contributed by atoms with E-state index in [1.807, 2.05) is 20.8 Å². The van der Waals surface area contributed by atoms with Crippen molar-refractivity contribution in [2.45, 2.75) is 46.1 Å². The lowest BCUT2D eigenvalue weighted by atomic mass is 9.85. The van der Waals surface area contributed by atoms with Gasteiger partial charge in [-0.25, -0.2) is 0 Å². The van der Waals surface area contributed by atoms with Crippen LogP contribution in [0.2, 0.25) is 0 Å². The lowest BCUT2D eigenvalue weighted by Gasteiger charge is -2.38. The molecule has 1 atom stereocenters. The zero-order valence-electron chi connectivity index (χ0n) is 12.8. The predicted octanol–water partition coefficient (Wildman–Crippen LogP) is 1.18. The fourth-order valence-electron chi connectivity index (χ4n) is 2.37. The van der Waals surface area contributed by atoms with Crippen LogP contribution < -0.4 is 5.32 Å². The Kier molecular flexibility index (Phi) is 4.68. The first-order valence-corrected chi connectivity index (χ1v) is 7.54. The van der Waals surface area contributed by atoms with E-state index in [2.05, 4.69) is 5.32 Å². The van der Waals surface area contributed by atoms with E-state index < -0.39 is 6.04 Å². The second-order valence-corrected chi connectivity index (χ2v) is 7.00. The van der Waals surface area contributed by atoms with Gasteiger partial charge in [-0.1, -0.05) is 20.8 Å². The van der Waals surface area contributed by atoms with Gasteiger partial charge in [0, 0.05) is 19.8 Å². The van der Waals surface area contributed by atoms with Crippen molar-refractivity contribution >= 4 is 11.8 Å². The molecule has 1 N–H and O–H groups in total. The SMILES string of the molecule is CC(C)(C)C1NC(=O)CN(CCCOCC2CC2)C1=O. The minimum absolute atomic E-state index is 0.0271. The highest BCUT2D eigenvalue weighted by atomic mass is 16.5. The lowest BCUT2D eigenvalue weighted by molar-refractivity contribution is -0.147. The number of carbonyl (C=O) groups is 2. The molecule has 1 aliphatic heterocycles. The largest absolute Gasteiger partial charge is 0.381 e. The lowest BCUT2D eigenvalue weighted by Crippen LogP contribution is -2.62. The Morgan fingerprint density at radius 2 is 2.00 bits per heavy atom. The van der Waals surface area contributed by atoms with Crippen molar-refractivity contribution in [1.82, 2.24) is 10.2 Å². The monoisotopic (exact) mass is 282 g/mol. The van der Waals surface area contributed by atoms with Crippen molar-refractivity contribution in [3.63, 3.8) is 0 Å². The summed E-state index contributed by atoms with van der Waals surface area (Å²) in [6, 6.07) is -0.420. The Balaban J connectivity index is 1.76. The van der Waals surface area contributed by atoms with Gasteiger partial charge in [0.2, 0.25) is 11.8 Å². The normalized spacial score (nSPS) is 23.9. The van der Waals surface area contributed by atoms with E-state index in [4.69, 9.17) is 4.74 Å². The van der Waals surface area contributed by atoms with Gasteiger partial charge in [-0.15, -0.1) is 0 Å². The predicted molar refractivity (Wildman–Crippen MR) is 76.1 cm³/mol. The van der Waals surface area contributed by atoms with Gasteiger partial charge in [0.25, 0.3) is 0 Å². The molecule has 5 nitrogen and oxygen atoms in total. The number of nitrogens with zero attached hydrogens (tertiary/aromatic N) is 1. The van der Waals surface area contributed by atoms with E-state index >= 15 is 0 Å². The molecule has 1 saturated heterocycles. The molecule has 1 aliphatic carbocycles. The number of rotatable bonds is 6. The third-order valence-corrected chi connectivity index (χ3v) is 3.83. The van der Waals surface area contributed by atoms with E-state index in [-0.39, 0.29) is 23.8 Å². The maximum atomic E-state index is 12.4. The highest BCUT2D eigenvalue weighted by Crippen LogP contribution is 2.28. The highest BCUT2D eigenvalue weighted by molar-refractivity contribution is 5.95. The van der Waals surface area contributed by atoms with Gasteiger partial charge in [0.15, 0.2) is 0 Å². The third kappa shape index (κ3) is 4.20. The molecule has 2 amide bonds. The minimum atomic E-state index is -0.420. The van der Waals surface area contributed by atoms with Crippen molar-refractivity contribution in [3.05, 3.63) is 0 Å². The van der Waals surface area contributed by atoms with Crippen LogP contribution in [0.3, 0.4) is 0 Å². The quantitative estimate of drug-likeness (QED) is 0.744. The van der Waals surface area contributed by atoms with Crippen LogP contribution in [0, 0.1) is 11.3 Å². The number of carbonyl (C=O) groups excluding carboxylic acids is 2. The van der Waals surface area contributed by atoms with E-state index in [9.17, 15) is 9.59 Å². The van der Waals surface area contributed by atoms with Crippen LogP contribution in [0.4, 0.5) is 0 Å². The Hall–Kier alpha value is -1.10. The fourth-order valence-corrected chi connectivity index (χ4v) is 2.37. The Morgan fingerprint density at radius 3 is 2.60 bits per heavy atom. The highest BCUT2D eigenvalue weighted by Gasteiger charge is 2.39. The summed E-state index contributed by atoms with van der Waals surface area (Å²) in [5.74, 6) is 0.727. The van der Waals surface area contributed by atoms with Gasteiger partial charge in [-0.3, -0.25) is 9.59 Å². The van der Waals surface area contributed by atoms with Gasteiger partial charge >= 0.3 is 0 Å². The van der Waals surface area contributed by atoms with Gasteiger partial charge in [-0.2, -0.15) is 0 Å². The Morgan fingerprint density at radius 1 is 1.30 bits per heavy atom. The second kappa shape index (κ2) is 6.12. The molecule has 0 aromatic heterocycles. The fraction of sp³-hybridized carbons (Fsp3) is 0.867. The van der Waals surface area contributed by atoms with Gasteiger partial charge < -0.3 is 15.0 Å². The van der Waals surface area contributed by atoms with Crippen LogP contribution in [0.25, 0.3) is 0 Å². The maximum Gasteiger partial charge on any atom is 0.246 e. The summed E-state index contributed by atoms with van der Waals surface area (Å²) < 4.78 is 5.57. The molecular formula is C15H26N2O3. The first kappa shape index (κ1) is 15.3. The van der Waals surface area contributed by atoms with Crippen LogP contribution in [0.15, 0.2) is 0 Å². The molecule has 1 unspecified atom stereocenters. The summed E-state index contributed by atoms with van der Waals surface area (Å²) in [6.07, 6.45) is 3.37. The number of hydrogen-bond donors (Lipinski definition) is 1. The van der Waals surface area contributed by atoms with Gasteiger partial charge in [0.1, 0.15) is 6.04 Å². The molecule has 114 valence electrons. The molecule has 5 heteroatoms. The Labute approximate surface area is 121 Å². The van der Waals surface area contributed by atoms with Gasteiger partial charge in [-0.05, 0) is 30.6 Å². The van der Waals surface area contributed by atoms with Gasteiger partial charge in [0.05, 0.1) is 6.54 Å². The van der Waals surface area contributed by atoms with Crippen molar-refractivity contribution < 1.29 is 14.3 Å². The average Bonchev–Trinajstić information content (AvgIpc) is 3.15. The number of nitrogens with one attached hydrogen (secondary N) is 1. The zero-order chi connectivity index (χ0) is 14.8. The number of hydrogen-bond acceptors (Lipinski definition) is 3. The molecule has 20 heavy (non-hydrogen) atoms. The zero-order valence-corrected chi connectivity index (χ0v) is 12.8. The number of amides is 2. The average molecular weight is 282 g/mol. The molecule has 1 saturated carbocycles. The molecule has 0 aromatic rings. The van der Waals surface area contributed by atoms with Crippen LogP contribution in [0.1, 0.15) is 40.0 Å². The van der Waals surface area contributed by atoms with Crippen molar-refractivity contribution in [2.75, 3.05) is 26.3 Å². The molecular weight excluding hydrogens is 256 g/mol. The summed E-state index contributed by atoms with van der Waals surface area (Å²) in [5, 5.41) is 2.80. The third-order valence-electron chi connectivity index (χ3n) is 3.83. The van der Waals surface area contributed by atoms with Crippen LogP contribution >= 0.6 is 0 Å². The summed E-state index contributed by atoms with van der Waals surface area (Å²) in [5.41, 5.74) is -0.256. The maximum absolute atomic E-state index is 12.4. The first-order valence-electron chi connectivity index (χ1n) is 7.54. The molecule has 0 spiro atoms. The number of piperazine rings is 1. The molecule has 0 aromatic carbocycles. The summed E-state index contributed by atoms with van der Waals surface area (Å²) in [6.45, 7) is 8.20. The minimum Gasteiger partial charge on any atom is -0.381 e. The summed E-state index contributed by atoms with van der Waals surface area (Å²) in [4.78, 5) is 25.8. The number of ether oxygens (including phenoxy) is 1. The molecule has 2 aliphatic rings. The summed E-state index contributed by atoms with van der Waals surface area (Å²) in [7, 11) is 0. The Bertz CT molecular complexity index is 372. The van der Waals surface area contributed by atoms with Crippen LogP contribution in [-0.4, -0.2) is 49.1 Å². The smallest absolute Gasteiger partial charge is 0.246 e. The molecule has 2 fully saturated rings. The van der Waals surface area contributed by atoms with E-state index in [0.29, 0.717) is 13.2 Å². The standard InChI is InChI=1S/C15H26N2O3/c1-15(2,3)13-14(19)17(9-12(18)16-13)7-4-8-20-10-11-5-6-11/h11,13H,4-10H2,1-3H3,(H,16,18). The molecule has 0 bridgehead atoms. The molecule has 2 rings (SSSR count). The van der Waals surface area contributed by atoms with E-state index in [0.717, 1.165) is 18.9 Å². The van der Waals surface area contributed by atoms with Crippen LogP contribution in [-0.2, 0) is 14.3 Å². The van der Waals surface area contributed by atoms with Crippen molar-refractivity contribution in [2.24, 2.45) is 11.3 Å². The topological polar surface area (TPSA) is 58.6 Å².